The van der Waals surface area contributed by atoms with Crippen LogP contribution >= 0.6 is 11.3 Å². The number of likely N-dealkylation sites (N-methyl/N-ethyl adjacent to an activating group) is 1. The summed E-state index contributed by atoms with van der Waals surface area (Å²) in [5.41, 5.74) is 1.60. The zero-order valence-electron chi connectivity index (χ0n) is 28.5. The molecule has 0 spiro atoms. The van der Waals surface area contributed by atoms with E-state index in [0.717, 1.165) is 28.8 Å². The van der Waals surface area contributed by atoms with E-state index in [-0.39, 0.29) is 30.2 Å². The van der Waals surface area contributed by atoms with Crippen LogP contribution in [0.4, 0.5) is 4.79 Å². The average Bonchev–Trinajstić information content (AvgIpc) is 3.76. The minimum atomic E-state index is -0.861. The van der Waals surface area contributed by atoms with Crippen LogP contribution in [-0.4, -0.2) is 94.7 Å². The Labute approximate surface area is 285 Å². The second kappa shape index (κ2) is 15.0. The number of likely N-dealkylation sites (tertiary alicyclic amines) is 1. The van der Waals surface area contributed by atoms with Crippen molar-refractivity contribution >= 4 is 46.1 Å². The Balaban J connectivity index is 1.39. The van der Waals surface area contributed by atoms with Crippen molar-refractivity contribution in [1.82, 2.24) is 25.1 Å². The van der Waals surface area contributed by atoms with Crippen LogP contribution in [0.2, 0.25) is 0 Å². The molecule has 2 aliphatic rings. The third kappa shape index (κ3) is 7.95. The molecule has 4 heterocycles. The van der Waals surface area contributed by atoms with Gasteiger partial charge in [-0.3, -0.25) is 14.5 Å². The van der Waals surface area contributed by atoms with E-state index >= 15 is 0 Å². The number of esters is 1. The van der Waals surface area contributed by atoms with Gasteiger partial charge in [-0.05, 0) is 78.4 Å². The predicted octanol–water partition coefficient (Wildman–Crippen LogP) is 5.37. The first kappa shape index (κ1) is 35.2. The van der Waals surface area contributed by atoms with Gasteiger partial charge < -0.3 is 24.4 Å². The van der Waals surface area contributed by atoms with Gasteiger partial charge in [-0.25, -0.2) is 19.6 Å². The Morgan fingerprint density at radius 2 is 1.85 bits per heavy atom. The molecule has 3 aromatic rings. The van der Waals surface area contributed by atoms with E-state index in [1.54, 1.807) is 40.7 Å². The number of rotatable bonds is 9. The molecule has 5 rings (SSSR count). The molecule has 2 saturated heterocycles. The smallest absolute Gasteiger partial charge is 0.410 e. The van der Waals surface area contributed by atoms with Crippen LogP contribution in [0.3, 0.4) is 0 Å². The van der Waals surface area contributed by atoms with Crippen molar-refractivity contribution in [2.75, 3.05) is 33.4 Å². The molecule has 258 valence electrons. The molecular weight excluding hydrogens is 634 g/mol. The number of para-hydroxylation sites is 1. The number of pyridine rings is 1. The van der Waals surface area contributed by atoms with Crippen molar-refractivity contribution < 1.29 is 33.4 Å². The molecule has 0 radical (unpaired) electrons. The number of fused-ring (bicyclic) bond motifs is 1. The van der Waals surface area contributed by atoms with E-state index in [2.05, 4.69) is 10.3 Å². The first-order valence-electron chi connectivity index (χ1n) is 16.5. The number of nitrogens with one attached hydrogen (secondary N) is 1. The van der Waals surface area contributed by atoms with E-state index in [0.29, 0.717) is 43.8 Å². The Hall–Kier alpha value is -4.10. The van der Waals surface area contributed by atoms with Crippen molar-refractivity contribution in [2.24, 2.45) is 5.92 Å². The Bertz CT molecular complexity index is 1650. The number of aromatic nitrogens is 2. The van der Waals surface area contributed by atoms with Crippen LogP contribution in [0.1, 0.15) is 81.8 Å². The van der Waals surface area contributed by atoms with Crippen LogP contribution < -0.4 is 5.32 Å². The summed E-state index contributed by atoms with van der Waals surface area (Å²) in [6.07, 6.45) is 2.17. The van der Waals surface area contributed by atoms with Crippen molar-refractivity contribution in [2.45, 2.75) is 84.0 Å². The normalized spacial score (nSPS) is 18.3. The quantitative estimate of drug-likeness (QED) is 0.296. The highest BCUT2D eigenvalue weighted by Crippen LogP contribution is 2.38. The number of carbonyl (C=O) groups excluding carboxylic acids is 4. The number of ether oxygens (including phenoxy) is 3. The topological polar surface area (TPSA) is 140 Å². The van der Waals surface area contributed by atoms with Crippen molar-refractivity contribution in [3.05, 3.63) is 46.4 Å². The minimum Gasteiger partial charge on any atom is -0.461 e. The lowest BCUT2D eigenvalue weighted by Gasteiger charge is -2.36. The summed E-state index contributed by atoms with van der Waals surface area (Å²) in [6.45, 7) is 10.5. The van der Waals surface area contributed by atoms with E-state index in [4.69, 9.17) is 19.2 Å². The van der Waals surface area contributed by atoms with Crippen molar-refractivity contribution in [3.8, 4) is 11.3 Å². The highest BCUT2D eigenvalue weighted by atomic mass is 32.1. The molecule has 3 atom stereocenters. The highest BCUT2D eigenvalue weighted by molar-refractivity contribution is 7.10. The first-order chi connectivity index (χ1) is 22.9. The number of nitrogens with zero attached hydrogens (tertiary/aromatic N) is 4. The molecule has 0 bridgehead atoms. The average molecular weight is 680 g/mol. The minimum absolute atomic E-state index is 0.119. The van der Waals surface area contributed by atoms with Crippen LogP contribution in [0.5, 0.6) is 0 Å². The summed E-state index contributed by atoms with van der Waals surface area (Å²) in [7, 11) is 1.52. The molecular formula is C35H45N5O7S. The van der Waals surface area contributed by atoms with Gasteiger partial charge in [0, 0.05) is 43.1 Å². The molecule has 2 aromatic heterocycles. The molecule has 2 fully saturated rings. The zero-order chi connectivity index (χ0) is 34.6. The third-order valence-electron chi connectivity index (χ3n) is 8.76. The summed E-state index contributed by atoms with van der Waals surface area (Å²) >= 11 is 1.47. The van der Waals surface area contributed by atoms with E-state index in [9.17, 15) is 19.2 Å². The highest BCUT2D eigenvalue weighted by Gasteiger charge is 2.41. The van der Waals surface area contributed by atoms with Gasteiger partial charge in [0.05, 0.1) is 23.9 Å². The largest absolute Gasteiger partial charge is 0.461 e. The number of amides is 3. The molecule has 0 unspecified atom stereocenters. The van der Waals surface area contributed by atoms with Gasteiger partial charge in [-0.1, -0.05) is 18.2 Å². The zero-order valence-corrected chi connectivity index (χ0v) is 29.3. The van der Waals surface area contributed by atoms with Crippen molar-refractivity contribution in [3.63, 3.8) is 0 Å². The van der Waals surface area contributed by atoms with E-state index in [1.165, 1.54) is 23.3 Å². The predicted molar refractivity (Wildman–Crippen MR) is 181 cm³/mol. The van der Waals surface area contributed by atoms with Gasteiger partial charge in [0.15, 0.2) is 0 Å². The van der Waals surface area contributed by atoms with Gasteiger partial charge in [0.25, 0.3) is 0 Å². The maximum Gasteiger partial charge on any atom is 0.410 e. The Kier molecular flexibility index (Phi) is 11.0. The lowest BCUT2D eigenvalue weighted by molar-refractivity contribution is -0.141. The van der Waals surface area contributed by atoms with Crippen LogP contribution in [0, 0.1) is 5.92 Å². The molecule has 0 aliphatic carbocycles. The monoisotopic (exact) mass is 679 g/mol. The summed E-state index contributed by atoms with van der Waals surface area (Å²) in [6, 6.07) is 7.37. The second-order valence-electron chi connectivity index (χ2n) is 13.3. The van der Waals surface area contributed by atoms with Crippen LogP contribution in [-0.2, 0) is 23.8 Å². The fourth-order valence-electron chi connectivity index (χ4n) is 6.10. The summed E-state index contributed by atoms with van der Waals surface area (Å²) < 4.78 is 16.3. The fraction of sp³-hybridized carbons (Fsp3) is 0.543. The fourth-order valence-corrected chi connectivity index (χ4v) is 7.06. The summed E-state index contributed by atoms with van der Waals surface area (Å²) in [5, 5.41) is 6.59. The molecule has 1 N–H and O–H groups in total. The Morgan fingerprint density at radius 1 is 1.12 bits per heavy atom. The molecule has 2 aliphatic heterocycles. The molecule has 12 nitrogen and oxygen atoms in total. The summed E-state index contributed by atoms with van der Waals surface area (Å²) in [5.74, 6) is -1.21. The number of carbonyl (C=O) groups is 4. The molecule has 13 heteroatoms. The van der Waals surface area contributed by atoms with E-state index < -0.39 is 35.7 Å². The van der Waals surface area contributed by atoms with Crippen LogP contribution in [0.25, 0.3) is 22.2 Å². The lowest BCUT2D eigenvalue weighted by atomic mass is 9.90. The van der Waals surface area contributed by atoms with E-state index in [1.807, 2.05) is 34.5 Å². The molecule has 48 heavy (non-hydrogen) atoms. The Morgan fingerprint density at radius 3 is 2.56 bits per heavy atom. The van der Waals surface area contributed by atoms with Gasteiger partial charge in [-0.2, -0.15) is 0 Å². The maximum atomic E-state index is 14.4. The first-order valence-corrected chi connectivity index (χ1v) is 17.4. The summed E-state index contributed by atoms with van der Waals surface area (Å²) in [4.78, 5) is 65.9. The SMILES string of the molecule is CCOC(=O)c1cc(-c2csc([C@@H]3CCCN3C(=O)[C@@H](NC(=O)[C@H](C)N(C)C(=O)OC(C)(C)C)C3CCOCC3)n2)c2ccccc2n1. The van der Waals surface area contributed by atoms with Gasteiger partial charge in [-0.15, -0.1) is 11.3 Å². The molecule has 1 aromatic carbocycles. The van der Waals surface area contributed by atoms with Gasteiger partial charge in [0.2, 0.25) is 11.8 Å². The second-order valence-corrected chi connectivity index (χ2v) is 14.1. The number of hydrogen-bond acceptors (Lipinski definition) is 10. The molecule has 0 saturated carbocycles. The number of benzene rings is 1. The third-order valence-corrected chi connectivity index (χ3v) is 9.71. The maximum absolute atomic E-state index is 14.4. The van der Waals surface area contributed by atoms with Gasteiger partial charge in [0.1, 0.15) is 28.4 Å². The lowest BCUT2D eigenvalue weighted by Crippen LogP contribution is -2.57. The number of hydrogen-bond donors (Lipinski definition) is 1. The van der Waals surface area contributed by atoms with Crippen molar-refractivity contribution in [1.29, 1.82) is 0 Å². The molecule has 3 amide bonds. The van der Waals surface area contributed by atoms with Crippen LogP contribution in [0.15, 0.2) is 35.7 Å². The van der Waals surface area contributed by atoms with Gasteiger partial charge >= 0.3 is 12.1 Å². The number of thiazole rings is 1. The standard InChI is InChI=1S/C35H45N5O7S/c1-7-46-33(43)26-19-24(23-11-8-9-12-25(23)36-26)27-20-48-31(37-27)28-13-10-16-40(28)32(42)29(22-14-17-45-18-15-22)38-30(41)21(2)39(6)34(44)47-35(3,4)5/h8-9,11-12,19-22,28-29H,7,10,13-18H2,1-6H3,(H,38,41)/t21-,28-,29-/m0/s1.